The number of Topliss-reactive ketones (excluding diaryl/α,β-unsaturated/α-hetero) is 1. The molecule has 1 aromatic rings. The van der Waals surface area contributed by atoms with Crippen LogP contribution in [0.15, 0.2) is 36.0 Å². The van der Waals surface area contributed by atoms with Gasteiger partial charge in [-0.25, -0.2) is 4.79 Å². The number of hydrogen-bond acceptors (Lipinski definition) is 4. The molecule has 1 aliphatic heterocycles. The second-order valence-electron chi connectivity index (χ2n) is 5.78. The summed E-state index contributed by atoms with van der Waals surface area (Å²) in [6, 6.07) is 7.59. The maximum atomic E-state index is 12.2. The lowest BCUT2D eigenvalue weighted by atomic mass is 9.70. The Morgan fingerprint density at radius 1 is 1.41 bits per heavy atom. The van der Waals surface area contributed by atoms with Crippen molar-refractivity contribution in [2.24, 2.45) is 0 Å². The van der Waals surface area contributed by atoms with Crippen LogP contribution in [0.25, 0.3) is 0 Å². The maximum Gasteiger partial charge on any atom is 0.414 e. The molecule has 1 unspecified atom stereocenters. The summed E-state index contributed by atoms with van der Waals surface area (Å²) in [5, 5.41) is 0. The summed E-state index contributed by atoms with van der Waals surface area (Å²) < 4.78 is 5.14. The van der Waals surface area contributed by atoms with Crippen molar-refractivity contribution < 1.29 is 14.3 Å². The first-order valence-electron chi connectivity index (χ1n) is 7.60. The van der Waals surface area contributed by atoms with E-state index in [0.717, 1.165) is 11.3 Å². The predicted molar refractivity (Wildman–Crippen MR) is 83.2 cm³/mol. The third-order valence-electron chi connectivity index (χ3n) is 4.53. The zero-order chi connectivity index (χ0) is 15.7. The standard InChI is InChI=1S/C17H20N2O3/c1-2-22-16(21)19-10-9-17(11-12(20)7-8-15(17)19)13-5-3-4-6-14(13)18/h3-6,8H,2,7,9-11,18H2,1H3. The van der Waals surface area contributed by atoms with E-state index in [0.29, 0.717) is 38.1 Å². The smallest absolute Gasteiger partial charge is 0.414 e. The van der Waals surface area contributed by atoms with Gasteiger partial charge in [0.25, 0.3) is 0 Å². The third kappa shape index (κ3) is 2.17. The zero-order valence-corrected chi connectivity index (χ0v) is 12.7. The van der Waals surface area contributed by atoms with Gasteiger partial charge >= 0.3 is 6.09 Å². The molecule has 1 saturated heterocycles. The monoisotopic (exact) mass is 300 g/mol. The topological polar surface area (TPSA) is 72.6 Å². The van der Waals surface area contributed by atoms with Gasteiger partial charge in [-0.3, -0.25) is 9.69 Å². The maximum absolute atomic E-state index is 12.2. The number of anilines is 1. The van der Waals surface area contributed by atoms with Gasteiger partial charge in [-0.05, 0) is 25.0 Å². The van der Waals surface area contributed by atoms with E-state index < -0.39 is 5.41 Å². The highest BCUT2D eigenvalue weighted by molar-refractivity contribution is 5.86. The summed E-state index contributed by atoms with van der Waals surface area (Å²) in [5.74, 6) is 0.178. The van der Waals surface area contributed by atoms with E-state index >= 15 is 0 Å². The van der Waals surface area contributed by atoms with Crippen LogP contribution < -0.4 is 5.73 Å². The van der Waals surface area contributed by atoms with Gasteiger partial charge in [0.2, 0.25) is 0 Å². The predicted octanol–water partition coefficient (Wildman–Crippen LogP) is 2.62. The van der Waals surface area contributed by atoms with E-state index in [2.05, 4.69) is 0 Å². The van der Waals surface area contributed by atoms with E-state index in [-0.39, 0.29) is 11.9 Å². The van der Waals surface area contributed by atoms with Crippen molar-refractivity contribution in [1.82, 2.24) is 4.90 Å². The fourth-order valence-electron chi connectivity index (χ4n) is 3.61. The molecule has 0 saturated carbocycles. The Morgan fingerprint density at radius 2 is 2.18 bits per heavy atom. The highest BCUT2D eigenvalue weighted by atomic mass is 16.6. The van der Waals surface area contributed by atoms with Gasteiger partial charge in [-0.1, -0.05) is 24.3 Å². The second kappa shape index (κ2) is 5.48. The minimum Gasteiger partial charge on any atom is -0.449 e. The van der Waals surface area contributed by atoms with Crippen molar-refractivity contribution in [3.8, 4) is 0 Å². The molecule has 1 aliphatic carbocycles. The molecule has 1 fully saturated rings. The average molecular weight is 300 g/mol. The number of carbonyl (C=O) groups excluding carboxylic acids is 2. The lowest BCUT2D eigenvalue weighted by Gasteiger charge is -2.35. The minimum atomic E-state index is -0.493. The molecule has 1 aromatic carbocycles. The van der Waals surface area contributed by atoms with E-state index in [1.165, 1.54) is 0 Å². The molecule has 116 valence electrons. The lowest BCUT2D eigenvalue weighted by Crippen LogP contribution is -2.37. The lowest BCUT2D eigenvalue weighted by molar-refractivity contribution is -0.119. The summed E-state index contributed by atoms with van der Waals surface area (Å²) in [5.41, 5.74) is 8.12. The molecule has 5 heteroatoms. The molecule has 2 N–H and O–H groups in total. The molecular formula is C17H20N2O3. The summed E-state index contributed by atoms with van der Waals surface area (Å²) in [6.07, 6.45) is 2.96. The van der Waals surface area contributed by atoms with Crippen molar-refractivity contribution in [2.75, 3.05) is 18.9 Å². The van der Waals surface area contributed by atoms with E-state index in [9.17, 15) is 9.59 Å². The zero-order valence-electron chi connectivity index (χ0n) is 12.7. The van der Waals surface area contributed by atoms with E-state index in [1.54, 1.807) is 11.8 Å². The van der Waals surface area contributed by atoms with E-state index in [1.807, 2.05) is 30.3 Å². The number of likely N-dealkylation sites (tertiary alicyclic amines) is 1. The Bertz CT molecular complexity index is 653. The van der Waals surface area contributed by atoms with Crippen molar-refractivity contribution in [3.05, 3.63) is 41.6 Å². The first kappa shape index (κ1) is 14.6. The summed E-state index contributed by atoms with van der Waals surface area (Å²) in [7, 11) is 0. The first-order valence-corrected chi connectivity index (χ1v) is 7.60. The summed E-state index contributed by atoms with van der Waals surface area (Å²) in [4.78, 5) is 25.9. The molecule has 0 aromatic heterocycles. The van der Waals surface area contributed by atoms with Crippen LogP contribution in [0.1, 0.15) is 31.7 Å². The number of rotatable bonds is 2. The van der Waals surface area contributed by atoms with Gasteiger partial charge in [0.15, 0.2) is 0 Å². The van der Waals surface area contributed by atoms with Gasteiger partial charge in [-0.15, -0.1) is 0 Å². The molecule has 0 bridgehead atoms. The van der Waals surface area contributed by atoms with Crippen molar-refractivity contribution in [2.45, 2.75) is 31.6 Å². The second-order valence-corrected chi connectivity index (χ2v) is 5.78. The molecule has 5 nitrogen and oxygen atoms in total. The third-order valence-corrected chi connectivity index (χ3v) is 4.53. The van der Waals surface area contributed by atoms with Gasteiger partial charge < -0.3 is 10.5 Å². The first-order chi connectivity index (χ1) is 10.6. The molecule has 22 heavy (non-hydrogen) atoms. The van der Waals surface area contributed by atoms with Crippen LogP contribution in [0.5, 0.6) is 0 Å². The molecule has 2 aliphatic rings. The highest BCUT2D eigenvalue weighted by Gasteiger charge is 2.50. The number of nitrogen functional groups attached to an aromatic ring is 1. The van der Waals surface area contributed by atoms with Crippen molar-refractivity contribution in [3.63, 3.8) is 0 Å². The van der Waals surface area contributed by atoms with Crippen LogP contribution >= 0.6 is 0 Å². The largest absolute Gasteiger partial charge is 0.449 e. The van der Waals surface area contributed by atoms with Gasteiger partial charge in [0, 0.05) is 36.2 Å². The Morgan fingerprint density at radius 3 is 2.91 bits per heavy atom. The molecule has 1 amide bonds. The SMILES string of the molecule is CCOC(=O)N1CCC2(c3ccccc3N)CC(=O)CC=C12. The Labute approximate surface area is 129 Å². The Kier molecular flexibility index (Phi) is 3.64. The van der Waals surface area contributed by atoms with Gasteiger partial charge in [-0.2, -0.15) is 0 Å². The number of hydrogen-bond donors (Lipinski definition) is 1. The van der Waals surface area contributed by atoms with Crippen molar-refractivity contribution in [1.29, 1.82) is 0 Å². The van der Waals surface area contributed by atoms with Crippen LogP contribution in [-0.4, -0.2) is 29.9 Å². The number of para-hydroxylation sites is 1. The molecule has 3 rings (SSSR count). The van der Waals surface area contributed by atoms with Crippen molar-refractivity contribution >= 4 is 17.6 Å². The molecular weight excluding hydrogens is 280 g/mol. The van der Waals surface area contributed by atoms with Crippen LogP contribution in [0, 0.1) is 0 Å². The fraction of sp³-hybridized carbons (Fsp3) is 0.412. The number of amides is 1. The molecule has 0 spiro atoms. The quantitative estimate of drug-likeness (QED) is 0.852. The van der Waals surface area contributed by atoms with Gasteiger partial charge in [0.1, 0.15) is 5.78 Å². The van der Waals surface area contributed by atoms with Crippen LogP contribution in [0.3, 0.4) is 0 Å². The number of nitrogens with zero attached hydrogens (tertiary/aromatic N) is 1. The highest BCUT2D eigenvalue weighted by Crippen LogP contribution is 2.50. The number of nitrogens with two attached hydrogens (primary N) is 1. The number of fused-ring (bicyclic) bond motifs is 1. The fourth-order valence-corrected chi connectivity index (χ4v) is 3.61. The van der Waals surface area contributed by atoms with Crippen LogP contribution in [0.4, 0.5) is 10.5 Å². The normalized spacial score (nSPS) is 24.0. The number of ketones is 1. The average Bonchev–Trinajstić information content (AvgIpc) is 2.87. The minimum absolute atomic E-state index is 0.178. The Balaban J connectivity index is 2.07. The molecule has 0 radical (unpaired) electrons. The number of benzene rings is 1. The van der Waals surface area contributed by atoms with Crippen LogP contribution in [-0.2, 0) is 14.9 Å². The van der Waals surface area contributed by atoms with Crippen LogP contribution in [0.2, 0.25) is 0 Å². The number of allylic oxidation sites excluding steroid dienone is 2. The van der Waals surface area contributed by atoms with E-state index in [4.69, 9.17) is 10.5 Å². The Hall–Kier alpha value is -2.30. The molecule has 1 atom stereocenters. The number of carbonyl (C=O) groups is 2. The van der Waals surface area contributed by atoms with Gasteiger partial charge in [0.05, 0.1) is 6.61 Å². The molecule has 1 heterocycles. The summed E-state index contributed by atoms with van der Waals surface area (Å²) in [6.45, 7) is 2.67. The number of ether oxygens (including phenoxy) is 1. The summed E-state index contributed by atoms with van der Waals surface area (Å²) >= 11 is 0.